The third-order valence-corrected chi connectivity index (χ3v) is 4.29. The summed E-state index contributed by atoms with van der Waals surface area (Å²) in [5.74, 6) is -1.34. The van der Waals surface area contributed by atoms with E-state index in [1.807, 2.05) is 18.5 Å². The van der Waals surface area contributed by atoms with Gasteiger partial charge >= 0.3 is 5.97 Å². The summed E-state index contributed by atoms with van der Waals surface area (Å²) in [6.45, 7) is 6.55. The molecule has 1 amide bonds. The summed E-state index contributed by atoms with van der Waals surface area (Å²) in [6.07, 6.45) is 2.18. The van der Waals surface area contributed by atoms with E-state index in [9.17, 15) is 9.59 Å². The van der Waals surface area contributed by atoms with E-state index in [-0.39, 0.29) is 11.6 Å². The highest BCUT2D eigenvalue weighted by Gasteiger charge is 2.17. The zero-order valence-corrected chi connectivity index (χ0v) is 14.5. The van der Waals surface area contributed by atoms with Crippen molar-refractivity contribution in [1.29, 1.82) is 0 Å². The first-order valence-electron chi connectivity index (χ1n) is 7.57. The molecule has 0 aliphatic rings. The van der Waals surface area contributed by atoms with Crippen molar-refractivity contribution < 1.29 is 14.7 Å². The van der Waals surface area contributed by atoms with Crippen LogP contribution in [0.15, 0.2) is 12.3 Å². The number of carboxylic acid groups (broad SMARTS) is 1. The van der Waals surface area contributed by atoms with Crippen molar-refractivity contribution in [2.45, 2.75) is 39.8 Å². The lowest BCUT2D eigenvalue weighted by molar-refractivity contribution is -0.124. The molecule has 24 heavy (non-hydrogen) atoms. The number of hydrogen-bond donors (Lipinski definition) is 2. The van der Waals surface area contributed by atoms with Gasteiger partial charge in [0.1, 0.15) is 6.04 Å². The van der Waals surface area contributed by atoms with E-state index in [1.54, 1.807) is 6.92 Å². The molecule has 0 saturated carbocycles. The Morgan fingerprint density at radius 1 is 1.38 bits per heavy atom. The van der Waals surface area contributed by atoms with E-state index in [4.69, 9.17) is 16.7 Å². The minimum absolute atomic E-state index is 0.0870. The molecule has 2 heterocycles. The summed E-state index contributed by atoms with van der Waals surface area (Å²) in [7, 11) is 0. The van der Waals surface area contributed by atoms with Gasteiger partial charge in [0.2, 0.25) is 5.91 Å². The summed E-state index contributed by atoms with van der Waals surface area (Å²) in [5, 5.41) is 20.5. The Morgan fingerprint density at radius 2 is 2.08 bits per heavy atom. The molecule has 0 aromatic carbocycles. The van der Waals surface area contributed by atoms with Gasteiger partial charge in [-0.3, -0.25) is 14.2 Å². The molecule has 130 valence electrons. The Kier molecular flexibility index (Phi) is 5.61. The second kappa shape index (κ2) is 7.48. The molecular weight excluding hydrogens is 334 g/mol. The largest absolute Gasteiger partial charge is 0.476 e. The summed E-state index contributed by atoms with van der Waals surface area (Å²) >= 11 is 6.09. The van der Waals surface area contributed by atoms with Crippen LogP contribution in [-0.2, 0) is 11.3 Å². The normalized spacial score (nSPS) is 12.2. The third-order valence-electron chi connectivity index (χ3n) is 3.74. The maximum Gasteiger partial charge on any atom is 0.356 e. The molecule has 0 aliphatic carbocycles. The molecule has 1 unspecified atom stereocenters. The summed E-state index contributed by atoms with van der Waals surface area (Å²) in [6, 6.07) is 0.778. The number of hydrogen-bond acceptors (Lipinski definition) is 4. The molecule has 1 atom stereocenters. The third kappa shape index (κ3) is 3.94. The number of halogens is 1. The number of rotatable bonds is 7. The predicted octanol–water partition coefficient (Wildman–Crippen LogP) is 1.82. The number of aromatic nitrogens is 4. The summed E-state index contributed by atoms with van der Waals surface area (Å²) < 4.78 is 3.15. The quantitative estimate of drug-likeness (QED) is 0.739. The SMILES string of the molecule is Cc1nn(CCCNC(=O)C(C)n2ccc(C(=O)O)n2)c(C)c1Cl. The van der Waals surface area contributed by atoms with E-state index < -0.39 is 12.0 Å². The zero-order chi connectivity index (χ0) is 17.9. The van der Waals surface area contributed by atoms with Crippen LogP contribution in [0.3, 0.4) is 0 Å². The fourth-order valence-electron chi connectivity index (χ4n) is 2.27. The number of carboxylic acids is 1. The Balaban J connectivity index is 1.82. The lowest BCUT2D eigenvalue weighted by Gasteiger charge is -2.13. The van der Waals surface area contributed by atoms with Gasteiger partial charge < -0.3 is 10.4 Å². The lowest BCUT2D eigenvalue weighted by atomic mass is 10.3. The van der Waals surface area contributed by atoms with Crippen molar-refractivity contribution in [1.82, 2.24) is 24.9 Å². The first-order chi connectivity index (χ1) is 11.3. The van der Waals surface area contributed by atoms with Crippen LogP contribution in [0.1, 0.15) is 41.3 Å². The molecule has 0 spiro atoms. The smallest absolute Gasteiger partial charge is 0.356 e. The van der Waals surface area contributed by atoms with Crippen LogP contribution in [0.2, 0.25) is 5.02 Å². The van der Waals surface area contributed by atoms with Gasteiger partial charge in [-0.25, -0.2) is 4.79 Å². The molecule has 2 aromatic rings. The topological polar surface area (TPSA) is 102 Å². The number of nitrogens with zero attached hydrogens (tertiary/aromatic N) is 4. The Labute approximate surface area is 144 Å². The predicted molar refractivity (Wildman–Crippen MR) is 88.2 cm³/mol. The maximum absolute atomic E-state index is 12.1. The number of amides is 1. The van der Waals surface area contributed by atoms with E-state index >= 15 is 0 Å². The molecule has 0 aliphatic heterocycles. The minimum Gasteiger partial charge on any atom is -0.476 e. The highest BCUT2D eigenvalue weighted by molar-refractivity contribution is 6.31. The molecule has 2 aromatic heterocycles. The van der Waals surface area contributed by atoms with Crippen LogP contribution in [0.4, 0.5) is 0 Å². The van der Waals surface area contributed by atoms with Crippen LogP contribution in [0.25, 0.3) is 0 Å². The zero-order valence-electron chi connectivity index (χ0n) is 13.8. The van der Waals surface area contributed by atoms with Crippen LogP contribution < -0.4 is 5.32 Å². The first-order valence-corrected chi connectivity index (χ1v) is 7.94. The number of nitrogens with one attached hydrogen (secondary N) is 1. The van der Waals surface area contributed by atoms with E-state index in [2.05, 4.69) is 15.5 Å². The first kappa shape index (κ1) is 18.0. The number of carbonyl (C=O) groups excluding carboxylic acids is 1. The van der Waals surface area contributed by atoms with Crippen molar-refractivity contribution in [2.24, 2.45) is 0 Å². The van der Waals surface area contributed by atoms with Gasteiger partial charge in [-0.2, -0.15) is 10.2 Å². The Hall–Kier alpha value is -2.35. The molecule has 0 fully saturated rings. The van der Waals surface area contributed by atoms with Gasteiger partial charge in [0.15, 0.2) is 5.69 Å². The average molecular weight is 354 g/mol. The maximum atomic E-state index is 12.1. The van der Waals surface area contributed by atoms with Gasteiger partial charge in [0, 0.05) is 19.3 Å². The van der Waals surface area contributed by atoms with Gasteiger partial charge in [-0.1, -0.05) is 11.6 Å². The van der Waals surface area contributed by atoms with Gasteiger partial charge in [0.05, 0.1) is 16.4 Å². The van der Waals surface area contributed by atoms with Crippen molar-refractivity contribution >= 4 is 23.5 Å². The van der Waals surface area contributed by atoms with Gasteiger partial charge in [0.25, 0.3) is 0 Å². The lowest BCUT2D eigenvalue weighted by Crippen LogP contribution is -2.32. The monoisotopic (exact) mass is 353 g/mol. The van der Waals surface area contributed by atoms with Gasteiger partial charge in [-0.05, 0) is 33.3 Å². The molecule has 9 heteroatoms. The second-order valence-electron chi connectivity index (χ2n) is 5.51. The van der Waals surface area contributed by atoms with Gasteiger partial charge in [-0.15, -0.1) is 0 Å². The number of aromatic carboxylic acids is 1. The molecule has 2 rings (SSSR count). The molecule has 0 bridgehead atoms. The average Bonchev–Trinajstić information content (AvgIpc) is 3.12. The summed E-state index contributed by atoms with van der Waals surface area (Å²) in [5.41, 5.74) is 1.61. The van der Waals surface area contributed by atoms with E-state index in [0.29, 0.717) is 24.5 Å². The van der Waals surface area contributed by atoms with E-state index in [0.717, 1.165) is 11.4 Å². The van der Waals surface area contributed by atoms with Crippen LogP contribution in [0, 0.1) is 13.8 Å². The van der Waals surface area contributed by atoms with Crippen LogP contribution >= 0.6 is 11.6 Å². The molecular formula is C15H20ClN5O3. The van der Waals surface area contributed by atoms with Crippen molar-refractivity contribution in [3.05, 3.63) is 34.4 Å². The van der Waals surface area contributed by atoms with E-state index in [1.165, 1.54) is 16.9 Å². The highest BCUT2D eigenvalue weighted by Crippen LogP contribution is 2.18. The molecule has 8 nitrogen and oxygen atoms in total. The number of aryl methyl sites for hydroxylation is 2. The van der Waals surface area contributed by atoms with Crippen molar-refractivity contribution in [3.8, 4) is 0 Å². The molecule has 0 radical (unpaired) electrons. The molecule has 0 saturated heterocycles. The van der Waals surface area contributed by atoms with Crippen molar-refractivity contribution in [3.63, 3.8) is 0 Å². The second-order valence-corrected chi connectivity index (χ2v) is 5.89. The van der Waals surface area contributed by atoms with Crippen LogP contribution in [0.5, 0.6) is 0 Å². The summed E-state index contributed by atoms with van der Waals surface area (Å²) in [4.78, 5) is 22.9. The molecule has 2 N–H and O–H groups in total. The highest BCUT2D eigenvalue weighted by atomic mass is 35.5. The van der Waals surface area contributed by atoms with Crippen LogP contribution in [-0.4, -0.2) is 43.1 Å². The minimum atomic E-state index is -1.12. The fourth-order valence-corrected chi connectivity index (χ4v) is 2.40. The standard InChI is InChI=1S/C15H20ClN5O3/c1-9-13(16)10(2)20(18-9)7-4-6-17-14(22)11(3)21-8-5-12(19-21)15(23)24/h5,8,11H,4,6-7H2,1-3H3,(H,17,22)(H,23,24). The number of carbonyl (C=O) groups is 2. The van der Waals surface area contributed by atoms with Crippen molar-refractivity contribution in [2.75, 3.05) is 6.54 Å². The Morgan fingerprint density at radius 3 is 2.62 bits per heavy atom. The Bertz CT molecular complexity index is 752. The fraction of sp³-hybridized carbons (Fsp3) is 0.467.